The number of fused-ring (bicyclic) bond motifs is 2. The van der Waals surface area contributed by atoms with Crippen molar-refractivity contribution in [3.05, 3.63) is 66.2 Å². The second-order valence-corrected chi connectivity index (χ2v) is 9.90. The minimum atomic E-state index is -4.86. The number of hydrogen-bond acceptors (Lipinski definition) is 9. The minimum Gasteiger partial charge on any atom is -0.871 e. The zero-order chi connectivity index (χ0) is 24.8. The summed E-state index contributed by atoms with van der Waals surface area (Å²) in [5.41, 5.74) is -0.854. The molecule has 0 atom stereocenters. The maximum Gasteiger partial charge on any atom is 2.00 e. The summed E-state index contributed by atoms with van der Waals surface area (Å²) in [6.07, 6.45) is 0. The van der Waals surface area contributed by atoms with Crippen molar-refractivity contribution in [2.24, 2.45) is 10.2 Å². The van der Waals surface area contributed by atoms with Crippen molar-refractivity contribution in [3.63, 3.8) is 0 Å². The van der Waals surface area contributed by atoms with E-state index in [0.717, 1.165) is 12.1 Å². The molecule has 4 aromatic rings. The molecule has 14 heteroatoms. The van der Waals surface area contributed by atoms with E-state index in [9.17, 15) is 40.9 Å². The fourth-order valence-electron chi connectivity index (χ4n) is 3.39. The monoisotopic (exact) mass is 555 g/mol. The number of carbonyl (C=O) groups excluding carboxylic acids is 1. The van der Waals surface area contributed by atoms with Gasteiger partial charge in [0.2, 0.25) is 0 Å². The van der Waals surface area contributed by atoms with Crippen LogP contribution in [0.5, 0.6) is 5.75 Å². The van der Waals surface area contributed by atoms with Gasteiger partial charge in [-0.2, -0.15) is 27.1 Å². The van der Waals surface area contributed by atoms with Gasteiger partial charge in [0.25, 0.3) is 20.2 Å². The van der Waals surface area contributed by atoms with Crippen LogP contribution in [0, 0.1) is 0 Å². The molecule has 2 N–H and O–H groups in total. The van der Waals surface area contributed by atoms with E-state index >= 15 is 0 Å². The maximum atomic E-state index is 12.6. The third-order valence-corrected chi connectivity index (χ3v) is 6.63. The molecule has 0 aliphatic carbocycles. The molecular weight excluding hydrogens is 543 g/mol. The second-order valence-electron chi connectivity index (χ2n) is 7.09. The molecule has 11 nitrogen and oxygen atoms in total. The molecule has 4 rings (SSSR count). The van der Waals surface area contributed by atoms with Gasteiger partial charge in [0, 0.05) is 10.8 Å². The molecule has 1 radical (unpaired) electrons. The Balaban J connectivity index is 0.00000342. The molecule has 0 aromatic heterocycles. The van der Waals surface area contributed by atoms with Crippen LogP contribution in [0.15, 0.2) is 80.7 Å². The van der Waals surface area contributed by atoms with E-state index in [4.69, 9.17) is 0 Å². The number of nitrogens with zero attached hydrogens (tertiary/aromatic N) is 2. The van der Waals surface area contributed by atoms with Crippen LogP contribution in [0.1, 0.15) is 10.4 Å². The first-order chi connectivity index (χ1) is 15.9. The standard InChI is InChI=1S/C21H14N2O9S2.Mn/c24-20-17(21(25)26)9-11-3-1-2-4-16(11)19(20)23-22-13-5-6-15-12(7-13)8-14(33(27,28)29)10-18(15)34(30,31)32;/h1-10,24H,(H,25,26)(H,27,28,29)(H,30,31,32);/q;+2/p-2. The summed E-state index contributed by atoms with van der Waals surface area (Å²) in [6, 6.07) is 12.8. The first-order valence-corrected chi connectivity index (χ1v) is 12.1. The fraction of sp³-hybridized carbons (Fsp3) is 0. The van der Waals surface area contributed by atoms with E-state index in [1.807, 2.05) is 0 Å². The number of azo groups is 1. The van der Waals surface area contributed by atoms with Crippen LogP contribution in [-0.4, -0.2) is 31.9 Å². The Kier molecular flexibility index (Phi) is 6.99. The number of benzene rings is 4. The summed E-state index contributed by atoms with van der Waals surface area (Å²) in [7, 11) is -9.68. The third kappa shape index (κ3) is 5.17. The molecule has 0 amide bonds. The Hall–Kier alpha value is -3.39. The normalized spacial score (nSPS) is 12.2. The molecule has 0 spiro atoms. The summed E-state index contributed by atoms with van der Waals surface area (Å²) < 4.78 is 65.3. The smallest absolute Gasteiger partial charge is 0.871 e. The van der Waals surface area contributed by atoms with Crippen molar-refractivity contribution in [2.75, 3.05) is 0 Å². The van der Waals surface area contributed by atoms with Crippen molar-refractivity contribution >= 4 is 59.1 Å². The number of carboxylic acids is 1. The first-order valence-electron chi connectivity index (χ1n) is 9.25. The molecule has 0 bridgehead atoms. The number of carbonyl (C=O) groups is 1. The van der Waals surface area contributed by atoms with Gasteiger partial charge in [-0.15, -0.1) is 0 Å². The van der Waals surface area contributed by atoms with Gasteiger partial charge in [-0.05, 0) is 46.7 Å². The summed E-state index contributed by atoms with van der Waals surface area (Å²) in [5.74, 6) is -2.61. The average Bonchev–Trinajstić information content (AvgIpc) is 2.75. The van der Waals surface area contributed by atoms with Gasteiger partial charge in [0.05, 0.1) is 22.2 Å². The van der Waals surface area contributed by atoms with Crippen LogP contribution in [0.4, 0.5) is 11.4 Å². The third-order valence-electron chi connectivity index (χ3n) is 4.91. The molecule has 179 valence electrons. The average molecular weight is 555 g/mol. The van der Waals surface area contributed by atoms with Crippen molar-refractivity contribution in [1.29, 1.82) is 0 Å². The molecule has 0 aliphatic heterocycles. The molecule has 0 saturated heterocycles. The van der Waals surface area contributed by atoms with Gasteiger partial charge in [-0.25, -0.2) is 0 Å². The van der Waals surface area contributed by atoms with E-state index in [1.54, 1.807) is 24.3 Å². The fourth-order valence-corrected chi connectivity index (χ4v) is 4.75. The van der Waals surface area contributed by atoms with Gasteiger partial charge in [0.15, 0.2) is 0 Å². The molecule has 0 fully saturated rings. The molecule has 0 heterocycles. The van der Waals surface area contributed by atoms with Crippen LogP contribution in [0.2, 0.25) is 0 Å². The minimum absolute atomic E-state index is 0. The van der Waals surface area contributed by atoms with E-state index in [0.29, 0.717) is 16.8 Å². The first kappa shape index (κ1) is 26.2. The van der Waals surface area contributed by atoms with Gasteiger partial charge in [-0.1, -0.05) is 36.1 Å². The summed E-state index contributed by atoms with van der Waals surface area (Å²) >= 11 is 0. The van der Waals surface area contributed by atoms with Crippen LogP contribution in [0.3, 0.4) is 0 Å². The molecular formula is C21H12MnN2O9S2. The SMILES string of the molecule is O=C([O-])c1cc2ccccc2c(N=Nc2ccc3c(S(=O)(=O)O)cc(S(=O)(=O)O)cc3c2)c1[O-].[Mn+2]. The van der Waals surface area contributed by atoms with Gasteiger partial charge in [0.1, 0.15) is 4.90 Å². The second kappa shape index (κ2) is 9.34. The Labute approximate surface area is 208 Å². The Morgan fingerprint density at radius 1 is 0.800 bits per heavy atom. The van der Waals surface area contributed by atoms with Crippen LogP contribution >= 0.6 is 0 Å². The summed E-state index contributed by atoms with van der Waals surface area (Å²) in [6.45, 7) is 0. The topological polar surface area (TPSA) is 197 Å². The largest absolute Gasteiger partial charge is 2.00 e. The van der Waals surface area contributed by atoms with E-state index in [2.05, 4.69) is 10.2 Å². The maximum absolute atomic E-state index is 12.6. The van der Waals surface area contributed by atoms with Crippen LogP contribution in [0.25, 0.3) is 21.5 Å². The molecule has 0 unspecified atom stereocenters. The molecule has 0 aliphatic rings. The van der Waals surface area contributed by atoms with Crippen molar-refractivity contribution < 1.29 is 58.0 Å². The van der Waals surface area contributed by atoms with Crippen molar-refractivity contribution in [3.8, 4) is 5.75 Å². The Morgan fingerprint density at radius 2 is 1.49 bits per heavy atom. The van der Waals surface area contributed by atoms with E-state index in [-0.39, 0.29) is 39.2 Å². The number of carboxylic acid groups (broad SMARTS) is 1. The zero-order valence-corrected chi connectivity index (χ0v) is 19.9. The van der Waals surface area contributed by atoms with Gasteiger partial charge >= 0.3 is 17.1 Å². The summed E-state index contributed by atoms with van der Waals surface area (Å²) in [4.78, 5) is 9.81. The van der Waals surface area contributed by atoms with Gasteiger partial charge < -0.3 is 15.0 Å². The zero-order valence-electron chi connectivity index (χ0n) is 17.1. The Bertz CT molecular complexity index is 1750. The number of aromatic carboxylic acids is 1. The van der Waals surface area contributed by atoms with Gasteiger partial charge in [-0.3, -0.25) is 9.11 Å². The van der Waals surface area contributed by atoms with E-state index in [1.165, 1.54) is 18.2 Å². The summed E-state index contributed by atoms with van der Waals surface area (Å²) in [5, 5.41) is 32.4. The quantitative estimate of drug-likeness (QED) is 0.211. The predicted octanol–water partition coefficient (Wildman–Crippen LogP) is 2.34. The number of rotatable bonds is 5. The molecule has 4 aromatic carbocycles. The Morgan fingerprint density at radius 3 is 2.11 bits per heavy atom. The number of hydrogen-bond donors (Lipinski definition) is 2. The van der Waals surface area contributed by atoms with Crippen molar-refractivity contribution in [2.45, 2.75) is 9.79 Å². The predicted molar refractivity (Wildman–Crippen MR) is 115 cm³/mol. The van der Waals surface area contributed by atoms with Crippen molar-refractivity contribution in [1.82, 2.24) is 0 Å². The van der Waals surface area contributed by atoms with Crippen LogP contribution in [-0.2, 0) is 37.3 Å². The van der Waals surface area contributed by atoms with E-state index < -0.39 is 47.3 Å². The molecule has 0 saturated carbocycles. The van der Waals surface area contributed by atoms with Crippen LogP contribution < -0.4 is 10.2 Å². The molecule has 35 heavy (non-hydrogen) atoms.